The van der Waals surface area contributed by atoms with Gasteiger partial charge in [0.1, 0.15) is 12.4 Å². The minimum atomic E-state index is 0.00977. The molecule has 168 valence electrons. The molecule has 0 spiro atoms. The molecule has 3 rings (SSSR count). The highest BCUT2D eigenvalue weighted by Crippen LogP contribution is 2.18. The first kappa shape index (κ1) is 23.1. The Labute approximate surface area is 185 Å². The average Bonchev–Trinajstić information content (AvgIpc) is 2.83. The maximum Gasteiger partial charge on any atom is 0.191 e. The van der Waals surface area contributed by atoms with Crippen LogP contribution >= 0.6 is 0 Å². The number of aliphatic hydroxyl groups is 1. The predicted molar refractivity (Wildman–Crippen MR) is 124 cm³/mol. The summed E-state index contributed by atoms with van der Waals surface area (Å²) < 4.78 is 11.5. The quantitative estimate of drug-likeness (QED) is 0.398. The summed E-state index contributed by atoms with van der Waals surface area (Å²) in [4.78, 5) is 6.67. The smallest absolute Gasteiger partial charge is 0.191 e. The SMILES string of the molecule is CN=C(NCc1ccccc1OCCN1CCOCC1)NCC(CO)c1ccccc1. The Morgan fingerprint density at radius 2 is 1.84 bits per heavy atom. The number of aliphatic imine (C=N–C) groups is 1. The van der Waals surface area contributed by atoms with Crippen LogP contribution < -0.4 is 15.4 Å². The third kappa shape index (κ3) is 7.54. The molecule has 7 nitrogen and oxygen atoms in total. The van der Waals surface area contributed by atoms with Gasteiger partial charge in [0.2, 0.25) is 0 Å². The predicted octanol–water partition coefficient (Wildman–Crippen LogP) is 1.84. The normalized spacial score (nSPS) is 16.0. The van der Waals surface area contributed by atoms with Crippen molar-refractivity contribution in [2.24, 2.45) is 4.99 Å². The highest BCUT2D eigenvalue weighted by Gasteiger charge is 2.12. The molecule has 1 aliphatic heterocycles. The molecule has 1 unspecified atom stereocenters. The van der Waals surface area contributed by atoms with Crippen molar-refractivity contribution in [3.05, 3.63) is 65.7 Å². The topological polar surface area (TPSA) is 78.4 Å². The Kier molecular flexibility index (Phi) is 9.63. The van der Waals surface area contributed by atoms with E-state index in [1.165, 1.54) is 0 Å². The second-order valence-electron chi connectivity index (χ2n) is 7.51. The Morgan fingerprint density at radius 1 is 1.10 bits per heavy atom. The molecule has 7 heteroatoms. The second-order valence-corrected chi connectivity index (χ2v) is 7.51. The molecule has 2 aromatic rings. The summed E-state index contributed by atoms with van der Waals surface area (Å²) in [6.07, 6.45) is 0. The molecule has 0 aliphatic carbocycles. The number of para-hydroxylation sites is 1. The number of aliphatic hydroxyl groups excluding tert-OH is 1. The minimum absolute atomic E-state index is 0.00977. The fourth-order valence-electron chi connectivity index (χ4n) is 3.53. The molecule has 1 saturated heterocycles. The van der Waals surface area contributed by atoms with Gasteiger partial charge in [-0.1, -0.05) is 48.5 Å². The number of nitrogens with zero attached hydrogens (tertiary/aromatic N) is 2. The highest BCUT2D eigenvalue weighted by atomic mass is 16.5. The largest absolute Gasteiger partial charge is 0.492 e. The van der Waals surface area contributed by atoms with E-state index in [1.54, 1.807) is 7.05 Å². The van der Waals surface area contributed by atoms with Crippen LogP contribution in [-0.2, 0) is 11.3 Å². The van der Waals surface area contributed by atoms with Gasteiger partial charge < -0.3 is 25.2 Å². The summed E-state index contributed by atoms with van der Waals surface area (Å²) in [5, 5.41) is 16.4. The Bertz CT molecular complexity index is 794. The number of benzene rings is 2. The molecule has 0 bridgehead atoms. The zero-order chi connectivity index (χ0) is 21.7. The van der Waals surface area contributed by atoms with Crippen molar-refractivity contribution >= 4 is 5.96 Å². The molecule has 1 fully saturated rings. The number of ether oxygens (including phenoxy) is 2. The maximum absolute atomic E-state index is 9.76. The molecule has 1 heterocycles. The summed E-state index contributed by atoms with van der Waals surface area (Å²) in [5.74, 6) is 1.59. The third-order valence-corrected chi connectivity index (χ3v) is 5.42. The van der Waals surface area contributed by atoms with Crippen molar-refractivity contribution in [3.63, 3.8) is 0 Å². The lowest BCUT2D eigenvalue weighted by Gasteiger charge is -2.26. The number of rotatable bonds is 10. The fourth-order valence-corrected chi connectivity index (χ4v) is 3.53. The van der Waals surface area contributed by atoms with Crippen LogP contribution in [0.15, 0.2) is 59.6 Å². The fraction of sp³-hybridized carbons (Fsp3) is 0.458. The lowest BCUT2D eigenvalue weighted by molar-refractivity contribution is 0.0322. The van der Waals surface area contributed by atoms with Crippen LogP contribution in [0.25, 0.3) is 0 Å². The van der Waals surface area contributed by atoms with Gasteiger partial charge in [-0.15, -0.1) is 0 Å². The number of hydrogen-bond donors (Lipinski definition) is 3. The van der Waals surface area contributed by atoms with E-state index in [1.807, 2.05) is 48.5 Å². The number of hydrogen-bond acceptors (Lipinski definition) is 5. The maximum atomic E-state index is 9.76. The van der Waals surface area contributed by atoms with E-state index in [9.17, 15) is 5.11 Å². The van der Waals surface area contributed by atoms with Crippen molar-refractivity contribution in [2.75, 3.05) is 59.7 Å². The van der Waals surface area contributed by atoms with E-state index < -0.39 is 0 Å². The Balaban J connectivity index is 1.47. The van der Waals surface area contributed by atoms with E-state index in [4.69, 9.17) is 9.47 Å². The van der Waals surface area contributed by atoms with Crippen molar-refractivity contribution in [1.82, 2.24) is 15.5 Å². The van der Waals surface area contributed by atoms with Gasteiger partial charge in [0.25, 0.3) is 0 Å². The van der Waals surface area contributed by atoms with Crippen molar-refractivity contribution < 1.29 is 14.6 Å². The Morgan fingerprint density at radius 3 is 2.58 bits per heavy atom. The van der Waals surface area contributed by atoms with E-state index in [0.29, 0.717) is 25.7 Å². The van der Waals surface area contributed by atoms with Gasteiger partial charge >= 0.3 is 0 Å². The monoisotopic (exact) mass is 426 g/mol. The van der Waals surface area contributed by atoms with E-state index >= 15 is 0 Å². The molecule has 31 heavy (non-hydrogen) atoms. The van der Waals surface area contributed by atoms with Crippen LogP contribution in [0.3, 0.4) is 0 Å². The summed E-state index contributed by atoms with van der Waals surface area (Å²) in [7, 11) is 1.75. The van der Waals surface area contributed by atoms with Gasteiger partial charge in [-0.2, -0.15) is 0 Å². The van der Waals surface area contributed by atoms with Crippen LogP contribution in [0.4, 0.5) is 0 Å². The summed E-state index contributed by atoms with van der Waals surface area (Å²) in [5.41, 5.74) is 2.18. The van der Waals surface area contributed by atoms with Gasteiger partial charge in [-0.05, 0) is 11.6 Å². The molecule has 0 radical (unpaired) electrons. The number of morpholine rings is 1. The van der Waals surface area contributed by atoms with E-state index in [2.05, 4.69) is 26.6 Å². The molecule has 3 N–H and O–H groups in total. The minimum Gasteiger partial charge on any atom is -0.492 e. The van der Waals surface area contributed by atoms with E-state index in [-0.39, 0.29) is 12.5 Å². The molecular formula is C24H34N4O3. The second kappa shape index (κ2) is 12.9. The number of nitrogens with one attached hydrogen (secondary N) is 2. The van der Waals surface area contributed by atoms with Gasteiger partial charge in [-0.25, -0.2) is 0 Å². The summed E-state index contributed by atoms with van der Waals surface area (Å²) >= 11 is 0. The van der Waals surface area contributed by atoms with Crippen molar-refractivity contribution in [1.29, 1.82) is 0 Å². The van der Waals surface area contributed by atoms with Crippen LogP contribution in [0, 0.1) is 0 Å². The third-order valence-electron chi connectivity index (χ3n) is 5.42. The lowest BCUT2D eigenvalue weighted by Crippen LogP contribution is -2.39. The van der Waals surface area contributed by atoms with Crippen molar-refractivity contribution in [3.8, 4) is 5.75 Å². The van der Waals surface area contributed by atoms with Gasteiger partial charge in [-0.3, -0.25) is 9.89 Å². The molecule has 0 amide bonds. The molecular weight excluding hydrogens is 392 g/mol. The first-order valence-electron chi connectivity index (χ1n) is 10.9. The van der Waals surface area contributed by atoms with Crippen LogP contribution in [0.2, 0.25) is 0 Å². The molecule has 2 aromatic carbocycles. The van der Waals surface area contributed by atoms with Crippen LogP contribution in [0.5, 0.6) is 5.75 Å². The van der Waals surface area contributed by atoms with Crippen LogP contribution in [0.1, 0.15) is 17.0 Å². The van der Waals surface area contributed by atoms with E-state index in [0.717, 1.165) is 49.7 Å². The molecule has 0 aromatic heterocycles. The van der Waals surface area contributed by atoms with Crippen LogP contribution in [-0.4, -0.2) is 75.6 Å². The Hall–Kier alpha value is -2.61. The zero-order valence-electron chi connectivity index (χ0n) is 18.3. The molecule has 1 atom stereocenters. The lowest BCUT2D eigenvalue weighted by atomic mass is 10.0. The first-order chi connectivity index (χ1) is 15.3. The number of guanidine groups is 1. The molecule has 1 aliphatic rings. The summed E-state index contributed by atoms with van der Waals surface area (Å²) in [6.45, 7) is 6.35. The summed E-state index contributed by atoms with van der Waals surface area (Å²) in [6, 6.07) is 18.1. The van der Waals surface area contributed by atoms with Gasteiger partial charge in [0.05, 0.1) is 19.8 Å². The zero-order valence-corrected chi connectivity index (χ0v) is 18.3. The van der Waals surface area contributed by atoms with Gasteiger partial charge in [0.15, 0.2) is 5.96 Å². The highest BCUT2D eigenvalue weighted by molar-refractivity contribution is 5.79. The standard InChI is InChI=1S/C24H34N4O3/c1-25-24(27-18-22(19-29)20-7-3-2-4-8-20)26-17-21-9-5-6-10-23(21)31-16-13-28-11-14-30-15-12-28/h2-10,22,29H,11-19H2,1H3,(H2,25,26,27). The van der Waals surface area contributed by atoms with Gasteiger partial charge in [0, 0.05) is 51.3 Å². The molecule has 0 saturated carbocycles. The average molecular weight is 427 g/mol. The van der Waals surface area contributed by atoms with Crippen molar-refractivity contribution in [2.45, 2.75) is 12.5 Å². The first-order valence-corrected chi connectivity index (χ1v) is 10.9.